The number of esters is 2. The maximum atomic E-state index is 13.2. The van der Waals surface area contributed by atoms with Gasteiger partial charge in [0.1, 0.15) is 6.10 Å². The molecule has 2 aromatic heterocycles. The molecule has 0 saturated carbocycles. The van der Waals surface area contributed by atoms with Crippen molar-refractivity contribution < 1.29 is 39.0 Å². The molecule has 5 unspecified atom stereocenters. The normalized spacial score (nSPS) is 15.0. The summed E-state index contributed by atoms with van der Waals surface area (Å²) in [6.45, 7) is 30.3. The van der Waals surface area contributed by atoms with E-state index in [0.29, 0.717) is 19.3 Å². The van der Waals surface area contributed by atoms with Crippen molar-refractivity contribution in [3.63, 3.8) is 0 Å². The molecule has 2 heterocycles. The Labute approximate surface area is 446 Å². The summed E-state index contributed by atoms with van der Waals surface area (Å²) in [5, 5.41) is 47.2. The zero-order valence-electron chi connectivity index (χ0n) is 46.6. The highest BCUT2D eigenvalue weighted by atomic mass is 32.1. The first-order valence-corrected chi connectivity index (χ1v) is 26.8. The molecule has 0 aliphatic rings. The van der Waals surface area contributed by atoms with Crippen molar-refractivity contribution in [2.75, 3.05) is 27.4 Å². The fourth-order valence-electron chi connectivity index (χ4n) is 8.28. The summed E-state index contributed by atoms with van der Waals surface area (Å²) >= 11 is 3.26. The van der Waals surface area contributed by atoms with Crippen LogP contribution < -0.4 is 0 Å². The maximum Gasteiger partial charge on any atom is 0.340 e. The monoisotopic (exact) mass is 1040 g/mol. The molecular formula is C59H86N4O8S2. The van der Waals surface area contributed by atoms with Gasteiger partial charge in [-0.3, -0.25) is 14.5 Å². The van der Waals surface area contributed by atoms with Crippen LogP contribution in [0.5, 0.6) is 0 Å². The van der Waals surface area contributed by atoms with Crippen molar-refractivity contribution in [2.24, 2.45) is 28.1 Å². The van der Waals surface area contributed by atoms with Crippen LogP contribution in [0.3, 0.4) is 0 Å². The maximum absolute atomic E-state index is 13.2. The molecule has 0 saturated heterocycles. The van der Waals surface area contributed by atoms with Crippen LogP contribution in [0.2, 0.25) is 0 Å². The molecule has 5 atom stereocenters. The van der Waals surface area contributed by atoms with E-state index >= 15 is 0 Å². The molecule has 4 rings (SSSR count). The van der Waals surface area contributed by atoms with Gasteiger partial charge in [-0.2, -0.15) is 20.7 Å². The van der Waals surface area contributed by atoms with Crippen LogP contribution in [-0.4, -0.2) is 76.4 Å². The van der Waals surface area contributed by atoms with E-state index in [9.17, 15) is 30.3 Å². The number of nitrogens with zero attached hydrogens (tertiary/aromatic N) is 4. The number of rotatable bonds is 25. The molecule has 4 aromatic rings. The number of carbonyl (C=O) groups excluding carboxylic acids is 2. The molecule has 0 aliphatic carbocycles. The highest BCUT2D eigenvalue weighted by molar-refractivity contribution is 7.10. The Hall–Kier alpha value is -4.74. The second-order valence-corrected chi connectivity index (χ2v) is 24.3. The van der Waals surface area contributed by atoms with E-state index in [1.54, 1.807) is 48.5 Å². The van der Waals surface area contributed by atoms with E-state index in [-0.39, 0.29) is 49.5 Å². The van der Waals surface area contributed by atoms with Gasteiger partial charge in [-0.05, 0) is 134 Å². The lowest BCUT2D eigenvalue weighted by atomic mass is 9.74. The van der Waals surface area contributed by atoms with Gasteiger partial charge in [-0.25, -0.2) is 4.79 Å². The van der Waals surface area contributed by atoms with Gasteiger partial charge in [0.25, 0.3) is 0 Å². The molecule has 0 spiro atoms. The highest BCUT2D eigenvalue weighted by Crippen LogP contribution is 2.45. The van der Waals surface area contributed by atoms with Gasteiger partial charge >= 0.3 is 11.9 Å². The van der Waals surface area contributed by atoms with Crippen LogP contribution in [0.25, 0.3) is 6.08 Å². The third-order valence-corrected chi connectivity index (χ3v) is 14.7. The number of nitriles is 2. The minimum atomic E-state index is -1.38. The van der Waals surface area contributed by atoms with E-state index in [0.717, 1.165) is 15.3 Å². The van der Waals surface area contributed by atoms with E-state index in [1.165, 1.54) is 19.8 Å². The fraction of sp³-hybridized carbons (Fsp3) is 0.559. The lowest BCUT2D eigenvalue weighted by Gasteiger charge is -2.47. The van der Waals surface area contributed by atoms with E-state index in [2.05, 4.69) is 57.9 Å². The van der Waals surface area contributed by atoms with Gasteiger partial charge in [0.2, 0.25) is 0 Å². The van der Waals surface area contributed by atoms with Gasteiger partial charge < -0.3 is 19.7 Å². The predicted molar refractivity (Wildman–Crippen MR) is 295 cm³/mol. The van der Waals surface area contributed by atoms with Crippen LogP contribution in [0.4, 0.5) is 0 Å². The molecule has 0 aliphatic heterocycles. The van der Waals surface area contributed by atoms with Crippen LogP contribution in [0.15, 0.2) is 102 Å². The van der Waals surface area contributed by atoms with Gasteiger partial charge in [0.15, 0.2) is 5.60 Å². The zero-order valence-corrected chi connectivity index (χ0v) is 48.2. The first-order chi connectivity index (χ1) is 34.1. The number of hydroxylamine groups is 4. The number of hydrogen-bond acceptors (Lipinski definition) is 14. The lowest BCUT2D eigenvalue weighted by molar-refractivity contribution is -0.313. The Morgan fingerprint density at radius 2 is 1.11 bits per heavy atom. The number of ether oxygens (including phenoxy) is 2. The third-order valence-electron chi connectivity index (χ3n) is 12.8. The van der Waals surface area contributed by atoms with E-state index < -0.39 is 45.0 Å². The van der Waals surface area contributed by atoms with Gasteiger partial charge in [0, 0.05) is 16.2 Å². The Kier molecular flexibility index (Phi) is 25.4. The first-order valence-electron chi connectivity index (χ1n) is 25.0. The number of methoxy groups -OCH3 is 2. The van der Waals surface area contributed by atoms with Gasteiger partial charge in [0.05, 0.1) is 79.0 Å². The number of benzene rings is 2. The summed E-state index contributed by atoms with van der Waals surface area (Å²) in [4.78, 5) is 41.4. The lowest BCUT2D eigenvalue weighted by Crippen LogP contribution is -2.56. The van der Waals surface area contributed by atoms with E-state index in [1.807, 2.05) is 144 Å². The minimum Gasteiger partial charge on any atom is -0.469 e. The molecule has 0 radical (unpaired) electrons. The predicted octanol–water partition coefficient (Wildman–Crippen LogP) is 13.7. The largest absolute Gasteiger partial charge is 0.469 e. The smallest absolute Gasteiger partial charge is 0.340 e. The van der Waals surface area contributed by atoms with E-state index in [4.69, 9.17) is 19.1 Å². The Morgan fingerprint density at radius 1 is 0.658 bits per heavy atom. The van der Waals surface area contributed by atoms with Crippen molar-refractivity contribution in [1.82, 2.24) is 10.1 Å². The number of hydrogen-bond donors (Lipinski definition) is 2. The molecule has 73 heavy (non-hydrogen) atoms. The molecule has 14 heteroatoms. The molecule has 2 aromatic carbocycles. The Morgan fingerprint density at radius 3 is 1.49 bits per heavy atom. The average Bonchev–Trinajstić information content (AvgIpc) is 4.11. The Bertz CT molecular complexity index is 2320. The summed E-state index contributed by atoms with van der Waals surface area (Å²) in [7, 11) is 2.71. The quantitative estimate of drug-likeness (QED) is 0.0477. The number of aliphatic hydroxyl groups is 2. The van der Waals surface area contributed by atoms with Crippen LogP contribution >= 0.6 is 22.7 Å². The molecule has 0 bridgehead atoms. The average molecular weight is 1040 g/mol. The Balaban J connectivity index is 0.000000444. The molecule has 0 amide bonds. The zero-order chi connectivity index (χ0) is 55.4. The highest BCUT2D eigenvalue weighted by Gasteiger charge is 2.48. The fourth-order valence-corrected chi connectivity index (χ4v) is 10.2. The van der Waals surface area contributed by atoms with Crippen molar-refractivity contribution in [1.29, 1.82) is 10.5 Å². The minimum absolute atomic E-state index is 0.102. The van der Waals surface area contributed by atoms with Gasteiger partial charge in [-0.15, -0.1) is 22.7 Å². The SMILES string of the molecule is C=Cc1ccccc1.COC(=O)C(C)(CC(C)(C)C#N)ON(C(c1cccs1)C(C)C)C(C)(C)CO.COC(=O)C(C)(CCC(C)(C)C#N)CC(ON(C(c1cccs1)C(C)C)C(C)(C)CO)c1ccccc1. The first kappa shape index (κ1) is 64.4. The standard InChI is InChI=1S/C30H44N2O4S.C21H34N2O4S.C8H8/c1-22(2)26(25-15-12-18-37-25)32(29(5,6)21-33)36-24(23-13-10-9-11-14-23)19-30(7,27(34)35-8)17-16-28(3,4)20-31;1-15(2)17(16-10-9-11-28-16)23(20(5,6)14-24)27-21(7,18(25)26-8)12-19(3,4)13-22;1-2-8-6-4-3-5-7-8/h9-15,18,22,24,26,33H,16-17,19,21H2,1-8H3;9-11,15,17,24H,12,14H2,1-8H3;2-7H,1H2. The van der Waals surface area contributed by atoms with Crippen molar-refractivity contribution in [3.8, 4) is 12.1 Å². The summed E-state index contributed by atoms with van der Waals surface area (Å²) in [6, 6.07) is 32.3. The molecule has 402 valence electrons. The van der Waals surface area contributed by atoms with Crippen molar-refractivity contribution in [3.05, 3.63) is 123 Å². The van der Waals surface area contributed by atoms with Gasteiger partial charge in [-0.1, -0.05) is 113 Å². The molecule has 0 fully saturated rings. The topological polar surface area (TPSA) is 166 Å². The number of thiophene rings is 2. The molecular weight excluding hydrogens is 957 g/mol. The van der Waals surface area contributed by atoms with Crippen LogP contribution in [0, 0.1) is 50.7 Å². The summed E-state index contributed by atoms with van der Waals surface area (Å²) < 4.78 is 10.3. The summed E-state index contributed by atoms with van der Waals surface area (Å²) in [6.07, 6.45) is 2.89. The summed E-state index contributed by atoms with van der Waals surface area (Å²) in [5.74, 6) is -0.527. The summed E-state index contributed by atoms with van der Waals surface area (Å²) in [5.41, 5.74) is -2.99. The van der Waals surface area contributed by atoms with Crippen molar-refractivity contribution in [2.45, 2.75) is 157 Å². The van der Waals surface area contributed by atoms with Crippen LogP contribution in [0.1, 0.15) is 162 Å². The molecule has 12 nitrogen and oxygen atoms in total. The molecule has 2 N–H and O–H groups in total. The van der Waals surface area contributed by atoms with Crippen molar-refractivity contribution >= 4 is 40.7 Å². The second kappa shape index (κ2) is 28.8. The van der Waals surface area contributed by atoms with Crippen LogP contribution in [-0.2, 0) is 28.7 Å². The number of carbonyl (C=O) groups is 2. The number of aliphatic hydroxyl groups excluding tert-OH is 2. The third kappa shape index (κ3) is 19.2. The second-order valence-electron chi connectivity index (χ2n) is 22.4.